The van der Waals surface area contributed by atoms with Gasteiger partial charge in [-0.05, 0) is 30.7 Å². The molecule has 6 heteroatoms. The maximum absolute atomic E-state index is 13.2. The van der Waals surface area contributed by atoms with Crippen molar-refractivity contribution in [1.82, 2.24) is 15.3 Å². The largest absolute Gasteiger partial charge is 0.347 e. The SMILES string of the molecule is Cc1cccc(CNC(=O)c2cnc(Nc3cccc(F)c3)cn2)c1. The molecule has 0 saturated heterocycles. The molecule has 5 nitrogen and oxygen atoms in total. The number of nitrogens with one attached hydrogen (secondary N) is 2. The fourth-order valence-electron chi connectivity index (χ4n) is 2.32. The van der Waals surface area contributed by atoms with Gasteiger partial charge >= 0.3 is 0 Å². The molecule has 0 unspecified atom stereocenters. The Hall–Kier alpha value is -3.28. The average Bonchev–Trinajstić information content (AvgIpc) is 2.60. The predicted octanol–water partition coefficient (Wildman–Crippen LogP) is 3.60. The van der Waals surface area contributed by atoms with Gasteiger partial charge in [0.25, 0.3) is 5.91 Å². The highest BCUT2D eigenvalue weighted by molar-refractivity contribution is 5.92. The fraction of sp³-hybridized carbons (Fsp3) is 0.105. The molecule has 0 fully saturated rings. The highest BCUT2D eigenvalue weighted by atomic mass is 19.1. The molecule has 126 valence electrons. The Balaban J connectivity index is 1.60. The van der Waals surface area contributed by atoms with E-state index in [0.717, 1.165) is 11.1 Å². The number of amides is 1. The number of hydrogen-bond donors (Lipinski definition) is 2. The Bertz CT molecular complexity index is 881. The number of benzene rings is 2. The Kier molecular flexibility index (Phi) is 4.99. The molecule has 0 spiro atoms. The van der Waals surface area contributed by atoms with E-state index in [-0.39, 0.29) is 17.4 Å². The van der Waals surface area contributed by atoms with E-state index in [1.807, 2.05) is 31.2 Å². The third-order valence-electron chi connectivity index (χ3n) is 3.52. The zero-order chi connectivity index (χ0) is 17.6. The van der Waals surface area contributed by atoms with Crippen molar-refractivity contribution in [2.45, 2.75) is 13.5 Å². The highest BCUT2D eigenvalue weighted by Gasteiger charge is 2.08. The summed E-state index contributed by atoms with van der Waals surface area (Å²) in [5.74, 6) is -0.211. The van der Waals surface area contributed by atoms with E-state index in [9.17, 15) is 9.18 Å². The number of aryl methyl sites for hydroxylation is 1. The van der Waals surface area contributed by atoms with E-state index >= 15 is 0 Å². The minimum absolute atomic E-state index is 0.220. The van der Waals surface area contributed by atoms with Gasteiger partial charge in [0, 0.05) is 12.2 Å². The van der Waals surface area contributed by atoms with Crippen molar-refractivity contribution >= 4 is 17.4 Å². The monoisotopic (exact) mass is 336 g/mol. The third-order valence-corrected chi connectivity index (χ3v) is 3.52. The Labute approximate surface area is 145 Å². The summed E-state index contributed by atoms with van der Waals surface area (Å²) in [6, 6.07) is 13.9. The van der Waals surface area contributed by atoms with E-state index < -0.39 is 0 Å². The van der Waals surface area contributed by atoms with Crippen LogP contribution in [-0.4, -0.2) is 15.9 Å². The van der Waals surface area contributed by atoms with Gasteiger partial charge in [0.15, 0.2) is 0 Å². The molecule has 1 amide bonds. The van der Waals surface area contributed by atoms with Gasteiger partial charge in [-0.1, -0.05) is 35.9 Å². The topological polar surface area (TPSA) is 66.9 Å². The van der Waals surface area contributed by atoms with Crippen LogP contribution in [0.4, 0.5) is 15.9 Å². The number of anilines is 2. The summed E-state index contributed by atoms with van der Waals surface area (Å²) in [7, 11) is 0. The minimum Gasteiger partial charge on any atom is -0.347 e. The van der Waals surface area contributed by atoms with Crippen LogP contribution in [0.1, 0.15) is 21.6 Å². The Morgan fingerprint density at radius 3 is 2.64 bits per heavy atom. The van der Waals surface area contributed by atoms with Crippen LogP contribution >= 0.6 is 0 Å². The van der Waals surface area contributed by atoms with Gasteiger partial charge in [-0.3, -0.25) is 4.79 Å². The molecule has 1 heterocycles. The standard InChI is InChI=1S/C19H17FN4O/c1-13-4-2-5-14(8-13)10-23-19(25)17-11-22-18(12-21-17)24-16-7-3-6-15(20)9-16/h2-9,11-12H,10H2,1H3,(H,22,24)(H,23,25). The second-order valence-corrected chi connectivity index (χ2v) is 5.59. The number of hydrogen-bond acceptors (Lipinski definition) is 4. The van der Waals surface area contributed by atoms with Gasteiger partial charge < -0.3 is 10.6 Å². The van der Waals surface area contributed by atoms with Crippen LogP contribution in [-0.2, 0) is 6.54 Å². The molecule has 0 saturated carbocycles. The summed E-state index contributed by atoms with van der Waals surface area (Å²) in [6.07, 6.45) is 2.82. The molecule has 2 aromatic carbocycles. The van der Waals surface area contributed by atoms with E-state index in [2.05, 4.69) is 20.6 Å². The number of halogens is 1. The fourth-order valence-corrected chi connectivity index (χ4v) is 2.32. The average molecular weight is 336 g/mol. The van der Waals surface area contributed by atoms with Crippen molar-refractivity contribution in [2.24, 2.45) is 0 Å². The number of rotatable bonds is 5. The lowest BCUT2D eigenvalue weighted by Crippen LogP contribution is -2.24. The first kappa shape index (κ1) is 16.6. The highest BCUT2D eigenvalue weighted by Crippen LogP contribution is 2.14. The molecule has 3 rings (SSSR count). The summed E-state index contributed by atoms with van der Waals surface area (Å²) in [5, 5.41) is 5.74. The molecule has 0 aliphatic heterocycles. The molecular formula is C19H17FN4O. The van der Waals surface area contributed by atoms with E-state index in [4.69, 9.17) is 0 Å². The Morgan fingerprint density at radius 2 is 1.92 bits per heavy atom. The predicted molar refractivity (Wildman–Crippen MR) is 94.1 cm³/mol. The minimum atomic E-state index is -0.342. The van der Waals surface area contributed by atoms with Gasteiger partial charge in [-0.25, -0.2) is 14.4 Å². The Morgan fingerprint density at radius 1 is 1.08 bits per heavy atom. The van der Waals surface area contributed by atoms with Crippen molar-refractivity contribution in [3.8, 4) is 0 Å². The zero-order valence-electron chi connectivity index (χ0n) is 13.7. The molecule has 1 aromatic heterocycles. The van der Waals surface area contributed by atoms with Crippen LogP contribution in [0, 0.1) is 12.7 Å². The smallest absolute Gasteiger partial charge is 0.271 e. The summed E-state index contributed by atoms with van der Waals surface area (Å²) in [6.45, 7) is 2.42. The molecule has 0 bridgehead atoms. The second-order valence-electron chi connectivity index (χ2n) is 5.59. The number of nitrogens with zero attached hydrogens (tertiary/aromatic N) is 2. The maximum atomic E-state index is 13.2. The number of carbonyl (C=O) groups excluding carboxylic acids is 1. The first-order valence-corrected chi connectivity index (χ1v) is 7.78. The number of aromatic nitrogens is 2. The van der Waals surface area contributed by atoms with Gasteiger partial charge in [-0.15, -0.1) is 0 Å². The third kappa shape index (κ3) is 4.60. The number of carbonyl (C=O) groups is 1. The van der Waals surface area contributed by atoms with Gasteiger partial charge in [0.05, 0.1) is 12.4 Å². The van der Waals surface area contributed by atoms with Crippen LogP contribution in [0.3, 0.4) is 0 Å². The second kappa shape index (κ2) is 7.53. The maximum Gasteiger partial charge on any atom is 0.271 e. The first-order valence-electron chi connectivity index (χ1n) is 7.78. The molecule has 25 heavy (non-hydrogen) atoms. The molecule has 3 aromatic rings. The summed E-state index contributed by atoms with van der Waals surface area (Å²) >= 11 is 0. The van der Waals surface area contributed by atoms with Crippen LogP contribution < -0.4 is 10.6 Å². The molecule has 0 radical (unpaired) electrons. The van der Waals surface area contributed by atoms with Gasteiger partial charge in [-0.2, -0.15) is 0 Å². The van der Waals surface area contributed by atoms with Crippen molar-refractivity contribution in [1.29, 1.82) is 0 Å². The molecule has 0 aliphatic carbocycles. The molecular weight excluding hydrogens is 319 g/mol. The van der Waals surface area contributed by atoms with Crippen LogP contribution in [0.2, 0.25) is 0 Å². The first-order chi connectivity index (χ1) is 12.1. The summed E-state index contributed by atoms with van der Waals surface area (Å²) in [4.78, 5) is 20.4. The van der Waals surface area contributed by atoms with Crippen LogP contribution in [0.25, 0.3) is 0 Å². The van der Waals surface area contributed by atoms with Crippen molar-refractivity contribution < 1.29 is 9.18 Å². The molecule has 0 aliphatic rings. The quantitative estimate of drug-likeness (QED) is 0.747. The van der Waals surface area contributed by atoms with Crippen LogP contribution in [0.5, 0.6) is 0 Å². The van der Waals surface area contributed by atoms with Gasteiger partial charge in [0.1, 0.15) is 17.3 Å². The van der Waals surface area contributed by atoms with Gasteiger partial charge in [0.2, 0.25) is 0 Å². The lowest BCUT2D eigenvalue weighted by molar-refractivity contribution is 0.0945. The lowest BCUT2D eigenvalue weighted by Gasteiger charge is -2.07. The normalized spacial score (nSPS) is 10.3. The van der Waals surface area contributed by atoms with E-state index in [1.54, 1.807) is 12.1 Å². The van der Waals surface area contributed by atoms with E-state index in [1.165, 1.54) is 24.5 Å². The van der Waals surface area contributed by atoms with Crippen molar-refractivity contribution in [2.75, 3.05) is 5.32 Å². The van der Waals surface area contributed by atoms with E-state index in [0.29, 0.717) is 18.1 Å². The summed E-state index contributed by atoms with van der Waals surface area (Å²) < 4.78 is 13.2. The van der Waals surface area contributed by atoms with Crippen molar-refractivity contribution in [3.05, 3.63) is 83.6 Å². The zero-order valence-corrected chi connectivity index (χ0v) is 13.7. The van der Waals surface area contributed by atoms with Crippen molar-refractivity contribution in [3.63, 3.8) is 0 Å². The lowest BCUT2D eigenvalue weighted by atomic mass is 10.1. The van der Waals surface area contributed by atoms with Crippen LogP contribution in [0.15, 0.2) is 60.9 Å². The molecule has 2 N–H and O–H groups in total. The molecule has 0 atom stereocenters. The summed E-state index contributed by atoms with van der Waals surface area (Å²) in [5.41, 5.74) is 2.94.